The molecule has 3 unspecified atom stereocenters. The van der Waals surface area contributed by atoms with Crippen LogP contribution in [-0.4, -0.2) is 30.4 Å². The predicted octanol–water partition coefficient (Wildman–Crippen LogP) is 2.08. The van der Waals surface area contributed by atoms with Gasteiger partial charge < -0.3 is 16.0 Å². The first-order valence-corrected chi connectivity index (χ1v) is 9.54. The largest absolute Gasteiger partial charge is 0.349 e. The monoisotopic (exact) mass is 384 g/mol. The van der Waals surface area contributed by atoms with E-state index in [4.69, 9.17) is 5.26 Å². The minimum absolute atomic E-state index is 0.0458. The fraction of sp³-hybridized carbons (Fsp3) is 0.476. The molecule has 0 bridgehead atoms. The second-order valence-corrected chi connectivity index (χ2v) is 7.61. The van der Waals surface area contributed by atoms with E-state index in [2.05, 4.69) is 22.9 Å². The summed E-state index contributed by atoms with van der Waals surface area (Å²) in [6.07, 6.45) is 0.822. The number of carbonyl (C=O) groups is 2. The molecule has 4 atom stereocenters. The molecule has 0 spiro atoms. The molecule has 7 heteroatoms. The van der Waals surface area contributed by atoms with E-state index in [0.717, 1.165) is 24.6 Å². The summed E-state index contributed by atoms with van der Waals surface area (Å²) in [4.78, 5) is 25.1. The van der Waals surface area contributed by atoms with Crippen molar-refractivity contribution in [3.05, 3.63) is 46.3 Å². The van der Waals surface area contributed by atoms with Gasteiger partial charge in [-0.25, -0.2) is 4.39 Å². The molecule has 2 aliphatic heterocycles. The predicted molar refractivity (Wildman–Crippen MR) is 102 cm³/mol. The number of hydrogen-bond acceptors (Lipinski definition) is 4. The third-order valence-corrected chi connectivity index (χ3v) is 5.77. The van der Waals surface area contributed by atoms with Gasteiger partial charge in [-0.15, -0.1) is 0 Å². The topological polar surface area (TPSA) is 94.0 Å². The third kappa shape index (κ3) is 3.92. The van der Waals surface area contributed by atoms with Gasteiger partial charge in [-0.3, -0.25) is 9.59 Å². The molecule has 0 aliphatic carbocycles. The van der Waals surface area contributed by atoms with Gasteiger partial charge in [0.25, 0.3) is 0 Å². The zero-order chi connectivity index (χ0) is 20.4. The molecule has 28 heavy (non-hydrogen) atoms. The normalized spacial score (nSPS) is 25.4. The molecule has 1 aromatic rings. The molecule has 1 saturated heterocycles. The fourth-order valence-electron chi connectivity index (χ4n) is 4.29. The van der Waals surface area contributed by atoms with Crippen molar-refractivity contribution in [3.63, 3.8) is 0 Å². The summed E-state index contributed by atoms with van der Waals surface area (Å²) in [6.45, 7) is 6.55. The van der Waals surface area contributed by atoms with Crippen LogP contribution < -0.4 is 16.0 Å². The highest BCUT2D eigenvalue weighted by Crippen LogP contribution is 2.32. The van der Waals surface area contributed by atoms with Crippen LogP contribution in [0.3, 0.4) is 0 Å². The van der Waals surface area contributed by atoms with E-state index in [0.29, 0.717) is 11.1 Å². The van der Waals surface area contributed by atoms with Crippen LogP contribution in [0.5, 0.6) is 0 Å². The van der Waals surface area contributed by atoms with Crippen molar-refractivity contribution < 1.29 is 14.0 Å². The third-order valence-electron chi connectivity index (χ3n) is 5.77. The van der Waals surface area contributed by atoms with E-state index in [1.165, 1.54) is 12.1 Å². The Morgan fingerprint density at radius 2 is 2.21 bits per heavy atom. The molecule has 3 N–H and O–H groups in total. The molecule has 148 valence electrons. The molecule has 2 amide bonds. The Morgan fingerprint density at radius 1 is 1.46 bits per heavy atom. The molecule has 6 nitrogen and oxygen atoms in total. The van der Waals surface area contributed by atoms with Gasteiger partial charge >= 0.3 is 0 Å². The first-order valence-electron chi connectivity index (χ1n) is 9.54. The number of rotatable bonds is 4. The molecule has 1 fully saturated rings. The second-order valence-electron chi connectivity index (χ2n) is 7.61. The Kier molecular flexibility index (Phi) is 5.80. The summed E-state index contributed by atoms with van der Waals surface area (Å²) in [5, 5.41) is 18.0. The first kappa shape index (κ1) is 20.0. The van der Waals surface area contributed by atoms with E-state index in [1.54, 1.807) is 6.92 Å². The number of halogens is 1. The molecular weight excluding hydrogens is 359 g/mol. The number of amides is 2. The number of carbonyl (C=O) groups excluding carboxylic acids is 2. The van der Waals surface area contributed by atoms with Gasteiger partial charge in [0.15, 0.2) is 0 Å². The SMILES string of the molecule is CC1=C(CC(=O)N[C@@H](C)c2ccc(C#N)cc2F)C(=O)NC2CCNC(C)C12. The van der Waals surface area contributed by atoms with Crippen LogP contribution in [0.15, 0.2) is 29.3 Å². The number of piperidine rings is 1. The Balaban J connectivity index is 1.72. The lowest BCUT2D eigenvalue weighted by Gasteiger charge is -2.42. The van der Waals surface area contributed by atoms with Crippen LogP contribution in [0.1, 0.15) is 50.8 Å². The molecule has 0 aromatic heterocycles. The lowest BCUT2D eigenvalue weighted by Crippen LogP contribution is -2.57. The van der Waals surface area contributed by atoms with Crippen LogP contribution >= 0.6 is 0 Å². The van der Waals surface area contributed by atoms with Crippen molar-refractivity contribution in [1.82, 2.24) is 16.0 Å². The van der Waals surface area contributed by atoms with Crippen molar-refractivity contribution in [2.75, 3.05) is 6.54 Å². The van der Waals surface area contributed by atoms with Crippen molar-refractivity contribution in [2.45, 2.75) is 51.7 Å². The highest BCUT2D eigenvalue weighted by Gasteiger charge is 2.39. The summed E-state index contributed by atoms with van der Waals surface area (Å²) < 4.78 is 14.2. The molecule has 2 heterocycles. The number of fused-ring (bicyclic) bond motifs is 1. The van der Waals surface area contributed by atoms with Crippen molar-refractivity contribution in [1.29, 1.82) is 5.26 Å². The standard InChI is InChI=1S/C21H25FN4O2/c1-11-16(21(28)26-18-6-7-24-13(3)20(11)18)9-19(27)25-12(2)15-5-4-14(10-23)8-17(15)22/h4-5,8,12-13,18,20,24H,6-7,9H2,1-3H3,(H,25,27)(H,26,28)/t12-,13?,18?,20?/m0/s1. The van der Waals surface area contributed by atoms with Crippen molar-refractivity contribution in [3.8, 4) is 6.07 Å². The maximum absolute atomic E-state index is 14.2. The van der Waals surface area contributed by atoms with Crippen molar-refractivity contribution >= 4 is 11.8 Å². The maximum atomic E-state index is 14.2. The number of benzene rings is 1. The van der Waals surface area contributed by atoms with Gasteiger partial charge in [-0.2, -0.15) is 5.26 Å². The number of hydrogen-bond donors (Lipinski definition) is 3. The summed E-state index contributed by atoms with van der Waals surface area (Å²) >= 11 is 0. The van der Waals surface area contributed by atoms with Crippen LogP contribution in [0.2, 0.25) is 0 Å². The fourth-order valence-corrected chi connectivity index (χ4v) is 4.29. The minimum atomic E-state index is -0.573. The highest BCUT2D eigenvalue weighted by atomic mass is 19.1. The molecular formula is C21H25FN4O2. The van der Waals surface area contributed by atoms with Gasteiger partial charge in [0.2, 0.25) is 11.8 Å². The number of nitriles is 1. The molecule has 1 aromatic carbocycles. The van der Waals surface area contributed by atoms with Crippen LogP contribution in [-0.2, 0) is 9.59 Å². The van der Waals surface area contributed by atoms with Crippen molar-refractivity contribution in [2.24, 2.45) is 5.92 Å². The Morgan fingerprint density at radius 3 is 2.89 bits per heavy atom. The number of nitrogens with one attached hydrogen (secondary N) is 3. The van der Waals surface area contributed by atoms with E-state index in [9.17, 15) is 14.0 Å². The molecule has 0 radical (unpaired) electrons. The highest BCUT2D eigenvalue weighted by molar-refractivity contribution is 6.00. The average molecular weight is 384 g/mol. The quantitative estimate of drug-likeness (QED) is 0.741. The Hall–Kier alpha value is -2.72. The minimum Gasteiger partial charge on any atom is -0.349 e. The lowest BCUT2D eigenvalue weighted by atomic mass is 9.76. The molecule has 0 saturated carbocycles. The maximum Gasteiger partial charge on any atom is 0.247 e. The van der Waals surface area contributed by atoms with Gasteiger partial charge in [-0.1, -0.05) is 11.6 Å². The lowest BCUT2D eigenvalue weighted by molar-refractivity contribution is -0.124. The van der Waals surface area contributed by atoms with Crippen LogP contribution in [0.4, 0.5) is 4.39 Å². The smallest absolute Gasteiger partial charge is 0.247 e. The van der Waals surface area contributed by atoms with E-state index < -0.39 is 11.9 Å². The van der Waals surface area contributed by atoms with Gasteiger partial charge in [0, 0.05) is 29.1 Å². The molecule has 2 aliphatic rings. The Bertz CT molecular complexity index is 874. The van der Waals surface area contributed by atoms with Crippen LogP contribution in [0, 0.1) is 23.1 Å². The second kappa shape index (κ2) is 8.11. The van der Waals surface area contributed by atoms with Crippen LogP contribution in [0.25, 0.3) is 0 Å². The van der Waals surface area contributed by atoms with Gasteiger partial charge in [-0.05, 0) is 45.9 Å². The van der Waals surface area contributed by atoms with E-state index >= 15 is 0 Å². The van der Waals surface area contributed by atoms with E-state index in [-0.39, 0.29) is 41.8 Å². The molecule has 3 rings (SSSR count). The average Bonchev–Trinajstić information content (AvgIpc) is 2.64. The summed E-state index contributed by atoms with van der Waals surface area (Å²) in [7, 11) is 0. The van der Waals surface area contributed by atoms with Gasteiger partial charge in [0.05, 0.1) is 24.1 Å². The first-order chi connectivity index (χ1) is 13.3. The summed E-state index contributed by atoms with van der Waals surface area (Å²) in [5.74, 6) is -0.902. The summed E-state index contributed by atoms with van der Waals surface area (Å²) in [5.41, 5.74) is 1.96. The zero-order valence-electron chi connectivity index (χ0n) is 16.3. The van der Waals surface area contributed by atoms with E-state index in [1.807, 2.05) is 13.0 Å². The number of nitrogens with zero attached hydrogens (tertiary/aromatic N) is 1. The summed E-state index contributed by atoms with van der Waals surface area (Å²) in [6, 6.07) is 5.79. The Labute approximate surface area is 164 Å². The zero-order valence-corrected chi connectivity index (χ0v) is 16.3. The van der Waals surface area contributed by atoms with Gasteiger partial charge in [0.1, 0.15) is 5.82 Å².